The van der Waals surface area contributed by atoms with E-state index >= 15 is 0 Å². The van der Waals surface area contributed by atoms with E-state index in [1.807, 2.05) is 30.3 Å². The second-order valence-corrected chi connectivity index (χ2v) is 7.80. The Bertz CT molecular complexity index is 813. The maximum Gasteiger partial charge on any atom is 0.315 e. The highest BCUT2D eigenvalue weighted by Crippen LogP contribution is 2.17. The zero-order valence-corrected chi connectivity index (χ0v) is 17.1. The molecular weight excluding hydrogens is 364 g/mol. The summed E-state index contributed by atoms with van der Waals surface area (Å²) < 4.78 is 1.55. The molecule has 0 bridgehead atoms. The van der Waals surface area contributed by atoms with Crippen molar-refractivity contribution in [3.63, 3.8) is 0 Å². The van der Waals surface area contributed by atoms with Gasteiger partial charge in [-0.25, -0.2) is 9.48 Å². The molecule has 0 radical (unpaired) electrons. The van der Waals surface area contributed by atoms with Crippen molar-refractivity contribution in [2.45, 2.75) is 70.4 Å². The molecule has 0 unspecified atom stereocenters. The molecule has 3 rings (SSSR count). The Labute approximate surface area is 172 Å². The summed E-state index contributed by atoms with van der Waals surface area (Å²) in [6.45, 7) is 1.31. The molecule has 0 atom stereocenters. The van der Waals surface area contributed by atoms with E-state index in [-0.39, 0.29) is 11.6 Å². The molecular formula is C23H32N4O2. The van der Waals surface area contributed by atoms with Gasteiger partial charge in [0.1, 0.15) is 0 Å². The summed E-state index contributed by atoms with van der Waals surface area (Å²) in [6, 6.07) is 13.6. The standard InChI is InChI=1S/C23H32N4O2/c28-22-16-15-21(19-11-5-3-6-12-19)26-27(22)18-10-2-1-9-17-24-23(29)25-20-13-7-4-8-14-20/h3,5-6,11-12,15-16,20H,1-2,4,7-10,13-14,17-18H2,(H2,24,25,29). The normalized spacial score (nSPS) is 14.5. The van der Waals surface area contributed by atoms with Gasteiger partial charge in [0.15, 0.2) is 0 Å². The number of urea groups is 1. The third kappa shape index (κ3) is 7.04. The highest BCUT2D eigenvalue weighted by atomic mass is 16.2. The monoisotopic (exact) mass is 396 g/mol. The Morgan fingerprint density at radius 1 is 0.966 bits per heavy atom. The molecule has 0 aliphatic heterocycles. The number of benzene rings is 1. The summed E-state index contributed by atoms with van der Waals surface area (Å²) in [5.41, 5.74) is 1.77. The number of hydrogen-bond acceptors (Lipinski definition) is 3. The maximum absolute atomic E-state index is 12.1. The van der Waals surface area contributed by atoms with Crippen molar-refractivity contribution in [2.75, 3.05) is 6.54 Å². The van der Waals surface area contributed by atoms with Gasteiger partial charge in [-0.05, 0) is 31.7 Å². The van der Waals surface area contributed by atoms with Crippen LogP contribution in [0.15, 0.2) is 47.3 Å². The van der Waals surface area contributed by atoms with Crippen molar-refractivity contribution in [3.8, 4) is 11.3 Å². The van der Waals surface area contributed by atoms with E-state index in [4.69, 9.17) is 0 Å². The molecule has 1 heterocycles. The van der Waals surface area contributed by atoms with Gasteiger partial charge in [0.25, 0.3) is 5.56 Å². The van der Waals surface area contributed by atoms with Crippen LogP contribution in [0.2, 0.25) is 0 Å². The van der Waals surface area contributed by atoms with Crippen molar-refractivity contribution < 1.29 is 4.79 Å². The van der Waals surface area contributed by atoms with Crippen LogP contribution in [-0.4, -0.2) is 28.4 Å². The van der Waals surface area contributed by atoms with Gasteiger partial charge in [0.05, 0.1) is 5.69 Å². The van der Waals surface area contributed by atoms with E-state index in [0.29, 0.717) is 19.1 Å². The van der Waals surface area contributed by atoms with Gasteiger partial charge in [-0.1, -0.05) is 62.4 Å². The van der Waals surface area contributed by atoms with Crippen molar-refractivity contribution in [2.24, 2.45) is 0 Å². The number of nitrogens with one attached hydrogen (secondary N) is 2. The topological polar surface area (TPSA) is 76.0 Å². The third-order valence-corrected chi connectivity index (χ3v) is 5.46. The first-order valence-corrected chi connectivity index (χ1v) is 10.9. The van der Waals surface area contributed by atoms with Crippen molar-refractivity contribution in [1.82, 2.24) is 20.4 Å². The molecule has 1 aromatic carbocycles. The Kier molecular flexibility index (Phi) is 8.28. The van der Waals surface area contributed by atoms with Gasteiger partial charge in [0, 0.05) is 30.8 Å². The van der Waals surface area contributed by atoms with Crippen molar-refractivity contribution in [3.05, 3.63) is 52.8 Å². The van der Waals surface area contributed by atoms with Gasteiger partial charge < -0.3 is 10.6 Å². The van der Waals surface area contributed by atoms with Crippen LogP contribution in [0.25, 0.3) is 11.3 Å². The quantitative estimate of drug-likeness (QED) is 0.627. The van der Waals surface area contributed by atoms with Crippen LogP contribution in [0.5, 0.6) is 0 Å². The number of carbonyl (C=O) groups excluding carboxylic acids is 1. The molecule has 2 aromatic rings. The predicted molar refractivity (Wildman–Crippen MR) is 116 cm³/mol. The first-order chi connectivity index (χ1) is 14.2. The molecule has 2 N–H and O–H groups in total. The number of aromatic nitrogens is 2. The summed E-state index contributed by atoms with van der Waals surface area (Å²) >= 11 is 0. The van der Waals surface area contributed by atoms with Gasteiger partial charge in [-0.15, -0.1) is 0 Å². The summed E-state index contributed by atoms with van der Waals surface area (Å²) in [5.74, 6) is 0. The number of hydrogen-bond donors (Lipinski definition) is 2. The van der Waals surface area contributed by atoms with Crippen LogP contribution < -0.4 is 16.2 Å². The Balaban J connectivity index is 1.31. The molecule has 1 aromatic heterocycles. The minimum atomic E-state index is -0.0641. The molecule has 1 aliphatic carbocycles. The third-order valence-electron chi connectivity index (χ3n) is 5.46. The van der Waals surface area contributed by atoms with E-state index < -0.39 is 0 Å². The zero-order chi connectivity index (χ0) is 20.3. The smallest absolute Gasteiger partial charge is 0.315 e. The Morgan fingerprint density at radius 2 is 1.72 bits per heavy atom. The van der Waals surface area contributed by atoms with E-state index in [9.17, 15) is 9.59 Å². The van der Waals surface area contributed by atoms with Gasteiger partial charge in [-0.3, -0.25) is 4.79 Å². The number of unbranched alkanes of at least 4 members (excludes halogenated alkanes) is 3. The summed E-state index contributed by atoms with van der Waals surface area (Å²) in [4.78, 5) is 24.0. The number of nitrogens with zero attached hydrogens (tertiary/aromatic N) is 2. The number of carbonyl (C=O) groups is 1. The van der Waals surface area contributed by atoms with E-state index in [2.05, 4.69) is 15.7 Å². The first kappa shape index (κ1) is 21.1. The maximum atomic E-state index is 12.1. The van der Waals surface area contributed by atoms with E-state index in [1.165, 1.54) is 19.3 Å². The molecule has 6 heteroatoms. The molecule has 1 saturated carbocycles. The lowest BCUT2D eigenvalue weighted by molar-refractivity contribution is 0.232. The van der Waals surface area contributed by atoms with Gasteiger partial charge in [-0.2, -0.15) is 5.10 Å². The SMILES string of the molecule is O=C(NCCCCCCn1nc(-c2ccccc2)ccc1=O)NC1CCCCC1. The first-order valence-electron chi connectivity index (χ1n) is 10.9. The van der Waals surface area contributed by atoms with Gasteiger partial charge >= 0.3 is 6.03 Å². The van der Waals surface area contributed by atoms with Gasteiger partial charge in [0.2, 0.25) is 0 Å². The second kappa shape index (κ2) is 11.4. The lowest BCUT2D eigenvalue weighted by Crippen LogP contribution is -2.43. The molecule has 156 valence electrons. The molecule has 1 fully saturated rings. The molecule has 0 saturated heterocycles. The van der Waals surface area contributed by atoms with Crippen LogP contribution in [-0.2, 0) is 6.54 Å². The van der Waals surface area contributed by atoms with Crippen LogP contribution in [0.4, 0.5) is 4.79 Å². The van der Waals surface area contributed by atoms with E-state index in [0.717, 1.165) is 49.8 Å². The fraction of sp³-hybridized carbons (Fsp3) is 0.522. The minimum absolute atomic E-state index is 0.0367. The molecule has 1 aliphatic rings. The highest BCUT2D eigenvalue weighted by molar-refractivity contribution is 5.74. The molecule has 2 amide bonds. The van der Waals surface area contributed by atoms with Crippen LogP contribution in [0, 0.1) is 0 Å². The predicted octanol–water partition coefficient (Wildman–Crippen LogP) is 4.10. The Hall–Kier alpha value is -2.63. The van der Waals surface area contributed by atoms with Crippen LogP contribution in [0.1, 0.15) is 57.8 Å². The van der Waals surface area contributed by atoms with Crippen molar-refractivity contribution >= 4 is 6.03 Å². The number of amides is 2. The van der Waals surface area contributed by atoms with Crippen LogP contribution >= 0.6 is 0 Å². The average Bonchev–Trinajstić information content (AvgIpc) is 2.75. The zero-order valence-electron chi connectivity index (χ0n) is 17.1. The average molecular weight is 397 g/mol. The molecule has 29 heavy (non-hydrogen) atoms. The second-order valence-electron chi connectivity index (χ2n) is 7.80. The summed E-state index contributed by atoms with van der Waals surface area (Å²) in [6.07, 6.45) is 9.82. The van der Waals surface area contributed by atoms with Crippen molar-refractivity contribution in [1.29, 1.82) is 0 Å². The fourth-order valence-corrected chi connectivity index (χ4v) is 3.80. The largest absolute Gasteiger partial charge is 0.338 e. The molecule has 0 spiro atoms. The summed E-state index contributed by atoms with van der Waals surface area (Å²) in [7, 11) is 0. The minimum Gasteiger partial charge on any atom is -0.338 e. The lowest BCUT2D eigenvalue weighted by Gasteiger charge is -2.22. The highest BCUT2D eigenvalue weighted by Gasteiger charge is 2.14. The van der Waals surface area contributed by atoms with Crippen LogP contribution in [0.3, 0.4) is 0 Å². The van der Waals surface area contributed by atoms with E-state index in [1.54, 1.807) is 16.8 Å². The summed E-state index contributed by atoms with van der Waals surface area (Å²) in [5, 5.41) is 10.5. The number of aryl methyl sites for hydroxylation is 1. The lowest BCUT2D eigenvalue weighted by atomic mass is 9.96. The Morgan fingerprint density at radius 3 is 2.52 bits per heavy atom. The molecule has 6 nitrogen and oxygen atoms in total. The number of rotatable bonds is 9. The fourth-order valence-electron chi connectivity index (χ4n) is 3.80.